The Hall–Kier alpha value is -2.01. The van der Waals surface area contributed by atoms with Crippen molar-refractivity contribution < 1.29 is 23.0 Å². The monoisotopic (exact) mass is 268 g/mol. The number of rotatable bonds is 3. The van der Waals surface area contributed by atoms with Crippen LogP contribution in [0.3, 0.4) is 0 Å². The molecular formula is C14H11F3O2. The second-order valence-corrected chi connectivity index (χ2v) is 4.03. The van der Waals surface area contributed by atoms with Crippen molar-refractivity contribution in [2.45, 2.75) is 13.0 Å². The van der Waals surface area contributed by atoms with E-state index >= 15 is 0 Å². The van der Waals surface area contributed by atoms with Crippen LogP contribution >= 0.6 is 0 Å². The minimum absolute atomic E-state index is 0.0139. The van der Waals surface area contributed by atoms with Crippen molar-refractivity contribution in [3.63, 3.8) is 0 Å². The molecule has 0 radical (unpaired) electrons. The summed E-state index contributed by atoms with van der Waals surface area (Å²) in [6, 6.07) is 6.61. The molecule has 0 saturated carbocycles. The fourth-order valence-electron chi connectivity index (χ4n) is 1.73. The second kappa shape index (κ2) is 5.32. The van der Waals surface area contributed by atoms with E-state index in [1.165, 1.54) is 25.1 Å². The third-order valence-electron chi connectivity index (χ3n) is 2.49. The highest BCUT2D eigenvalue weighted by atomic mass is 19.1. The van der Waals surface area contributed by atoms with E-state index in [2.05, 4.69) is 0 Å². The molecule has 0 aromatic heterocycles. The van der Waals surface area contributed by atoms with Gasteiger partial charge in [0.25, 0.3) is 0 Å². The molecule has 2 aromatic carbocycles. The summed E-state index contributed by atoms with van der Waals surface area (Å²) in [5.41, 5.74) is -0.0628. The number of hydrogen-bond acceptors (Lipinski definition) is 2. The van der Waals surface area contributed by atoms with Crippen LogP contribution in [0.25, 0.3) is 0 Å². The molecule has 0 fully saturated rings. The Balaban J connectivity index is 2.40. The van der Waals surface area contributed by atoms with Crippen LogP contribution in [-0.4, -0.2) is 5.11 Å². The molecule has 0 heterocycles. The Morgan fingerprint density at radius 3 is 2.26 bits per heavy atom. The summed E-state index contributed by atoms with van der Waals surface area (Å²) in [7, 11) is 0. The molecule has 100 valence electrons. The summed E-state index contributed by atoms with van der Waals surface area (Å²) in [4.78, 5) is 0. The van der Waals surface area contributed by atoms with Gasteiger partial charge in [-0.2, -0.15) is 0 Å². The van der Waals surface area contributed by atoms with Gasteiger partial charge in [-0.05, 0) is 19.1 Å². The number of benzene rings is 2. The lowest BCUT2D eigenvalue weighted by molar-refractivity contribution is 0.190. The predicted molar refractivity (Wildman–Crippen MR) is 63.5 cm³/mol. The van der Waals surface area contributed by atoms with E-state index < -0.39 is 23.6 Å². The highest BCUT2D eigenvalue weighted by Crippen LogP contribution is 2.32. The van der Waals surface area contributed by atoms with E-state index in [0.717, 1.165) is 12.1 Å². The van der Waals surface area contributed by atoms with Crippen molar-refractivity contribution in [1.29, 1.82) is 0 Å². The maximum atomic E-state index is 13.6. The fourth-order valence-corrected chi connectivity index (χ4v) is 1.73. The average Bonchev–Trinajstić information content (AvgIpc) is 2.26. The first kappa shape index (κ1) is 13.4. The lowest BCUT2D eigenvalue weighted by Crippen LogP contribution is -2.00. The van der Waals surface area contributed by atoms with Crippen molar-refractivity contribution in [3.8, 4) is 11.5 Å². The maximum absolute atomic E-state index is 13.6. The number of ether oxygens (including phenoxy) is 1. The van der Waals surface area contributed by atoms with Crippen LogP contribution in [0.4, 0.5) is 13.2 Å². The lowest BCUT2D eigenvalue weighted by atomic mass is 10.1. The third kappa shape index (κ3) is 3.06. The van der Waals surface area contributed by atoms with Crippen LogP contribution in [0.2, 0.25) is 0 Å². The van der Waals surface area contributed by atoms with Gasteiger partial charge in [-0.1, -0.05) is 6.07 Å². The third-order valence-corrected chi connectivity index (χ3v) is 2.49. The summed E-state index contributed by atoms with van der Waals surface area (Å²) in [6.45, 7) is 1.37. The fraction of sp³-hybridized carbons (Fsp3) is 0.143. The largest absolute Gasteiger partial charge is 0.457 e. The van der Waals surface area contributed by atoms with Crippen molar-refractivity contribution in [3.05, 3.63) is 59.4 Å². The number of halogens is 3. The number of hydrogen-bond donors (Lipinski definition) is 1. The smallest absolute Gasteiger partial charge is 0.136 e. The topological polar surface area (TPSA) is 29.5 Å². The molecule has 0 saturated heterocycles. The molecule has 0 bridgehead atoms. The molecule has 0 aliphatic heterocycles. The minimum atomic E-state index is -1.10. The van der Waals surface area contributed by atoms with Gasteiger partial charge in [0, 0.05) is 18.2 Å². The van der Waals surface area contributed by atoms with Crippen LogP contribution in [-0.2, 0) is 0 Å². The van der Waals surface area contributed by atoms with E-state index in [0.29, 0.717) is 6.07 Å². The zero-order valence-corrected chi connectivity index (χ0v) is 10.0. The summed E-state index contributed by atoms with van der Waals surface area (Å²) in [6.07, 6.45) is -1.10. The summed E-state index contributed by atoms with van der Waals surface area (Å²) in [5, 5.41) is 9.50. The van der Waals surface area contributed by atoms with Crippen molar-refractivity contribution >= 4 is 0 Å². The molecule has 2 aromatic rings. The van der Waals surface area contributed by atoms with Gasteiger partial charge in [0.15, 0.2) is 0 Å². The van der Waals surface area contributed by atoms with Gasteiger partial charge in [-0.3, -0.25) is 0 Å². The van der Waals surface area contributed by atoms with Gasteiger partial charge in [0.1, 0.15) is 29.0 Å². The minimum Gasteiger partial charge on any atom is -0.457 e. The van der Waals surface area contributed by atoms with E-state index in [1.807, 2.05) is 0 Å². The molecule has 0 unspecified atom stereocenters. The first-order valence-corrected chi connectivity index (χ1v) is 5.58. The molecule has 1 atom stereocenters. The first-order valence-electron chi connectivity index (χ1n) is 5.58. The van der Waals surface area contributed by atoms with Crippen molar-refractivity contribution in [1.82, 2.24) is 0 Å². The Morgan fingerprint density at radius 1 is 1.05 bits per heavy atom. The zero-order chi connectivity index (χ0) is 14.0. The van der Waals surface area contributed by atoms with Crippen molar-refractivity contribution in [2.24, 2.45) is 0 Å². The second-order valence-electron chi connectivity index (χ2n) is 4.03. The summed E-state index contributed by atoms with van der Waals surface area (Å²) >= 11 is 0. The quantitative estimate of drug-likeness (QED) is 0.913. The molecule has 5 heteroatoms. The normalized spacial score (nSPS) is 12.3. The molecule has 0 aliphatic carbocycles. The van der Waals surface area contributed by atoms with E-state index in [9.17, 15) is 18.3 Å². The number of aliphatic hydroxyl groups is 1. The molecule has 0 spiro atoms. The van der Waals surface area contributed by atoms with Crippen LogP contribution < -0.4 is 4.74 Å². The summed E-state index contributed by atoms with van der Waals surface area (Å²) in [5.74, 6) is -2.34. The van der Waals surface area contributed by atoms with Gasteiger partial charge >= 0.3 is 0 Å². The summed E-state index contributed by atoms with van der Waals surface area (Å²) < 4.78 is 44.9. The standard InChI is InChI=1S/C14H11F3O2/c1-8(18)14-12(17)3-2-4-13(14)19-11-6-9(15)5-10(16)7-11/h2-8,18H,1H3/t8-/m1/s1. The lowest BCUT2D eigenvalue weighted by Gasteiger charge is -2.14. The Labute approximate surface area is 108 Å². The molecule has 1 N–H and O–H groups in total. The highest BCUT2D eigenvalue weighted by Gasteiger charge is 2.15. The van der Waals surface area contributed by atoms with Gasteiger partial charge in [-0.15, -0.1) is 0 Å². The molecule has 0 aliphatic rings. The van der Waals surface area contributed by atoms with E-state index in [4.69, 9.17) is 4.74 Å². The van der Waals surface area contributed by atoms with Gasteiger partial charge in [-0.25, -0.2) is 13.2 Å². The first-order chi connectivity index (χ1) is 8.97. The number of aliphatic hydroxyl groups excluding tert-OH is 1. The molecular weight excluding hydrogens is 257 g/mol. The van der Waals surface area contributed by atoms with Crippen LogP contribution in [0.15, 0.2) is 36.4 Å². The Morgan fingerprint density at radius 2 is 1.68 bits per heavy atom. The SMILES string of the molecule is C[C@@H](O)c1c(F)cccc1Oc1cc(F)cc(F)c1. The van der Waals surface area contributed by atoms with Crippen LogP contribution in [0.5, 0.6) is 11.5 Å². The molecule has 19 heavy (non-hydrogen) atoms. The Kier molecular flexibility index (Phi) is 3.76. The van der Waals surface area contributed by atoms with Crippen molar-refractivity contribution in [2.75, 3.05) is 0 Å². The maximum Gasteiger partial charge on any atom is 0.136 e. The van der Waals surface area contributed by atoms with Gasteiger partial charge in [0.2, 0.25) is 0 Å². The highest BCUT2D eigenvalue weighted by molar-refractivity contribution is 5.40. The Bertz CT molecular complexity index is 577. The molecule has 2 nitrogen and oxygen atoms in total. The molecule has 2 rings (SSSR count). The van der Waals surface area contributed by atoms with Crippen LogP contribution in [0, 0.1) is 17.5 Å². The average molecular weight is 268 g/mol. The van der Waals surface area contributed by atoms with Gasteiger partial charge in [0.05, 0.1) is 11.7 Å². The zero-order valence-electron chi connectivity index (χ0n) is 10.0. The van der Waals surface area contributed by atoms with E-state index in [1.54, 1.807) is 0 Å². The predicted octanol–water partition coefficient (Wildman–Crippen LogP) is 3.95. The van der Waals surface area contributed by atoms with E-state index in [-0.39, 0.29) is 17.1 Å². The van der Waals surface area contributed by atoms with Crippen LogP contribution in [0.1, 0.15) is 18.6 Å². The molecule has 0 amide bonds. The van der Waals surface area contributed by atoms with Gasteiger partial charge < -0.3 is 9.84 Å².